The van der Waals surface area contributed by atoms with E-state index in [1.807, 2.05) is 49.4 Å². The summed E-state index contributed by atoms with van der Waals surface area (Å²) in [6.07, 6.45) is 5.99. The van der Waals surface area contributed by atoms with Gasteiger partial charge in [0.1, 0.15) is 5.84 Å². The second-order valence-corrected chi connectivity index (χ2v) is 8.42. The molecule has 0 saturated carbocycles. The molecule has 0 unspecified atom stereocenters. The molecule has 0 saturated heterocycles. The molecule has 4 heteroatoms. The van der Waals surface area contributed by atoms with Crippen molar-refractivity contribution in [3.05, 3.63) is 119 Å². The van der Waals surface area contributed by atoms with Crippen LogP contribution in [-0.4, -0.2) is 11.6 Å². The fourth-order valence-electron chi connectivity index (χ4n) is 3.18. The lowest BCUT2D eigenvalue weighted by Gasteiger charge is -2.08. The molecular weight excluding hydrogens is 440 g/mol. The van der Waals surface area contributed by atoms with Gasteiger partial charge in [-0.05, 0) is 75.2 Å². The Labute approximate surface area is 208 Å². The smallest absolute Gasteiger partial charge is 0.159 e. The van der Waals surface area contributed by atoms with Crippen molar-refractivity contribution in [2.75, 3.05) is 5.32 Å². The summed E-state index contributed by atoms with van der Waals surface area (Å²) in [4.78, 5) is 15.9. The third kappa shape index (κ3) is 9.21. The van der Waals surface area contributed by atoms with Crippen molar-refractivity contribution >= 4 is 34.6 Å². The Morgan fingerprint density at radius 3 is 2.06 bits per heavy atom. The summed E-state index contributed by atoms with van der Waals surface area (Å²) < 4.78 is 0. The van der Waals surface area contributed by atoms with Gasteiger partial charge in [-0.1, -0.05) is 79.6 Å². The predicted molar refractivity (Wildman–Crippen MR) is 148 cm³/mol. The molecule has 0 heterocycles. The van der Waals surface area contributed by atoms with Crippen molar-refractivity contribution in [2.24, 2.45) is 4.99 Å². The Morgan fingerprint density at radius 1 is 0.941 bits per heavy atom. The molecule has 0 spiro atoms. The van der Waals surface area contributed by atoms with Crippen LogP contribution in [-0.2, 0) is 6.42 Å². The lowest BCUT2D eigenvalue weighted by atomic mass is 10.1. The lowest BCUT2D eigenvalue weighted by molar-refractivity contribution is 0.101. The van der Waals surface area contributed by atoms with Gasteiger partial charge in [0.2, 0.25) is 0 Å². The van der Waals surface area contributed by atoms with Gasteiger partial charge in [-0.25, -0.2) is 4.99 Å². The van der Waals surface area contributed by atoms with E-state index in [9.17, 15) is 4.79 Å². The maximum absolute atomic E-state index is 11.3. The van der Waals surface area contributed by atoms with Crippen molar-refractivity contribution in [3.8, 4) is 0 Å². The summed E-state index contributed by atoms with van der Waals surface area (Å²) in [7, 11) is 0. The highest BCUT2D eigenvalue weighted by atomic mass is 35.5. The standard InChI is InChI=1S/C20H19ClN2O.C10H14/c1-4-5-20(17-6-10-18(21)11-7-17)23-15(3)22-19-12-8-16(9-13-19)14(2)24;1-3-4-10-7-5-9(2)6-8-10/h4-13H,1H2,2-3H3,(H,22,23);5-8H,3-4H2,1-2H3/b20-5-;. The van der Waals surface area contributed by atoms with Crippen molar-refractivity contribution in [1.29, 1.82) is 0 Å². The third-order valence-electron chi connectivity index (χ3n) is 4.98. The van der Waals surface area contributed by atoms with Crippen molar-refractivity contribution in [1.82, 2.24) is 0 Å². The molecule has 0 aliphatic carbocycles. The normalized spacial score (nSPS) is 11.3. The fourth-order valence-corrected chi connectivity index (χ4v) is 3.31. The number of rotatable bonds is 7. The van der Waals surface area contributed by atoms with Crippen LogP contribution in [0, 0.1) is 6.92 Å². The summed E-state index contributed by atoms with van der Waals surface area (Å²) in [5.74, 6) is 0.777. The van der Waals surface area contributed by atoms with E-state index in [1.54, 1.807) is 25.1 Å². The summed E-state index contributed by atoms with van der Waals surface area (Å²) in [6, 6.07) is 23.5. The van der Waals surface area contributed by atoms with Crippen molar-refractivity contribution in [2.45, 2.75) is 40.5 Å². The molecule has 34 heavy (non-hydrogen) atoms. The number of amidine groups is 1. The van der Waals surface area contributed by atoms with Gasteiger partial charge in [-0.15, -0.1) is 0 Å². The first-order chi connectivity index (χ1) is 16.3. The Morgan fingerprint density at radius 2 is 1.53 bits per heavy atom. The number of aryl methyl sites for hydroxylation is 2. The van der Waals surface area contributed by atoms with Crippen molar-refractivity contribution in [3.63, 3.8) is 0 Å². The second kappa shape index (κ2) is 14.0. The minimum absolute atomic E-state index is 0.0471. The molecule has 3 nitrogen and oxygen atoms in total. The fraction of sp³-hybridized carbons (Fsp3) is 0.200. The number of Topliss-reactive ketones (excluding diaryl/α,β-unsaturated/α-hetero) is 1. The zero-order valence-electron chi connectivity index (χ0n) is 20.4. The van der Waals surface area contributed by atoms with E-state index in [-0.39, 0.29) is 5.78 Å². The van der Waals surface area contributed by atoms with Crippen LogP contribution in [0.4, 0.5) is 5.69 Å². The Balaban J connectivity index is 0.000000340. The molecule has 0 aromatic heterocycles. The Bertz CT molecular complexity index is 1130. The summed E-state index contributed by atoms with van der Waals surface area (Å²) in [5, 5.41) is 3.90. The molecule has 0 aliphatic rings. The average molecular weight is 473 g/mol. The van der Waals surface area contributed by atoms with Crippen LogP contribution in [0.25, 0.3) is 5.70 Å². The van der Waals surface area contributed by atoms with Gasteiger partial charge < -0.3 is 5.32 Å². The number of nitrogens with one attached hydrogen (secondary N) is 1. The molecule has 0 amide bonds. The number of hydrogen-bond donors (Lipinski definition) is 1. The number of benzene rings is 3. The van der Waals surface area contributed by atoms with Crippen molar-refractivity contribution < 1.29 is 4.79 Å². The van der Waals surface area contributed by atoms with E-state index in [1.165, 1.54) is 24.0 Å². The van der Waals surface area contributed by atoms with E-state index in [0.717, 1.165) is 22.8 Å². The largest absolute Gasteiger partial charge is 0.344 e. The van der Waals surface area contributed by atoms with E-state index in [0.29, 0.717) is 10.6 Å². The molecule has 0 radical (unpaired) electrons. The van der Waals surface area contributed by atoms with Gasteiger partial charge in [0.25, 0.3) is 0 Å². The number of aliphatic imine (C=N–C) groups is 1. The van der Waals surface area contributed by atoms with Crippen LogP contribution in [0.2, 0.25) is 5.02 Å². The number of anilines is 1. The number of ketones is 1. The van der Waals surface area contributed by atoms with E-state index in [4.69, 9.17) is 11.6 Å². The van der Waals surface area contributed by atoms with Gasteiger partial charge in [0.05, 0.1) is 5.70 Å². The average Bonchev–Trinajstić information content (AvgIpc) is 2.82. The molecule has 0 bridgehead atoms. The topological polar surface area (TPSA) is 41.5 Å². The highest BCUT2D eigenvalue weighted by Crippen LogP contribution is 2.20. The quantitative estimate of drug-likeness (QED) is 0.162. The summed E-state index contributed by atoms with van der Waals surface area (Å²) >= 11 is 5.93. The number of hydrogen-bond acceptors (Lipinski definition) is 2. The number of nitrogens with zero attached hydrogens (tertiary/aromatic N) is 1. The summed E-state index contributed by atoms with van der Waals surface area (Å²) in [5.41, 5.74) is 6.09. The molecule has 176 valence electrons. The van der Waals surface area contributed by atoms with Gasteiger partial charge >= 0.3 is 0 Å². The van der Waals surface area contributed by atoms with Gasteiger partial charge in [0, 0.05) is 21.8 Å². The van der Waals surface area contributed by atoms with Crippen LogP contribution in [0.5, 0.6) is 0 Å². The maximum Gasteiger partial charge on any atom is 0.159 e. The molecule has 3 rings (SSSR count). The number of halogens is 1. The van der Waals surface area contributed by atoms with Crippen LogP contribution in [0.3, 0.4) is 0 Å². The van der Waals surface area contributed by atoms with Gasteiger partial charge in [-0.3, -0.25) is 4.79 Å². The molecule has 3 aromatic carbocycles. The first-order valence-corrected chi connectivity index (χ1v) is 11.8. The number of carbonyl (C=O) groups is 1. The Kier molecular flexibility index (Phi) is 11.0. The van der Waals surface area contributed by atoms with E-state index < -0.39 is 0 Å². The minimum atomic E-state index is 0.0471. The maximum atomic E-state index is 11.3. The van der Waals surface area contributed by atoms with Crippen LogP contribution in [0.1, 0.15) is 54.2 Å². The molecular formula is C30H33ClN2O. The lowest BCUT2D eigenvalue weighted by Crippen LogP contribution is -2.07. The SMILES string of the molecule is C=C/C=C(\N=C(C)Nc1ccc(C(C)=O)cc1)c1ccc(Cl)cc1.CCCc1ccc(C)cc1. The zero-order valence-corrected chi connectivity index (χ0v) is 21.2. The van der Waals surface area contributed by atoms with Gasteiger partial charge in [0.15, 0.2) is 5.78 Å². The van der Waals surface area contributed by atoms with E-state index >= 15 is 0 Å². The molecule has 1 N–H and O–H groups in total. The van der Waals surface area contributed by atoms with Gasteiger partial charge in [-0.2, -0.15) is 0 Å². The van der Waals surface area contributed by atoms with Crippen LogP contribution >= 0.6 is 11.6 Å². The second-order valence-electron chi connectivity index (χ2n) is 7.99. The first-order valence-electron chi connectivity index (χ1n) is 11.4. The highest BCUT2D eigenvalue weighted by Gasteiger charge is 2.03. The monoisotopic (exact) mass is 472 g/mol. The molecule has 0 fully saturated rings. The molecule has 3 aromatic rings. The zero-order chi connectivity index (χ0) is 24.9. The highest BCUT2D eigenvalue weighted by molar-refractivity contribution is 6.30. The minimum Gasteiger partial charge on any atom is -0.344 e. The predicted octanol–water partition coefficient (Wildman–Crippen LogP) is 8.55. The number of carbonyl (C=O) groups excluding carboxylic acids is 1. The molecule has 0 atom stereocenters. The molecule has 0 aliphatic heterocycles. The van der Waals surface area contributed by atoms with Crippen LogP contribution < -0.4 is 5.32 Å². The number of allylic oxidation sites excluding steroid dienone is 2. The van der Waals surface area contributed by atoms with Crippen LogP contribution in [0.15, 0.2) is 96.5 Å². The summed E-state index contributed by atoms with van der Waals surface area (Å²) in [6.45, 7) is 11.5. The van der Waals surface area contributed by atoms with E-state index in [2.05, 4.69) is 55.0 Å². The third-order valence-corrected chi connectivity index (χ3v) is 5.23. The first kappa shape index (κ1) is 26.8. The Hall–Kier alpha value is -3.43.